The molecule has 2 heterocycles. The van der Waals surface area contributed by atoms with Crippen molar-refractivity contribution in [1.82, 2.24) is 20.3 Å². The first-order chi connectivity index (χ1) is 8.88. The molecule has 4 nitrogen and oxygen atoms in total. The van der Waals surface area contributed by atoms with Crippen LogP contribution in [0.3, 0.4) is 0 Å². The van der Waals surface area contributed by atoms with Gasteiger partial charge in [0.1, 0.15) is 5.82 Å². The summed E-state index contributed by atoms with van der Waals surface area (Å²) in [6, 6.07) is 10.3. The van der Waals surface area contributed by atoms with E-state index in [2.05, 4.69) is 32.4 Å². The molecule has 2 aromatic heterocycles. The maximum Gasteiger partial charge on any atom is 0.127 e. The van der Waals surface area contributed by atoms with Crippen LogP contribution in [-0.2, 0) is 0 Å². The number of aromatic nitrogens is 3. The minimum atomic E-state index is 0.0390. The van der Waals surface area contributed by atoms with E-state index < -0.39 is 0 Å². The monoisotopic (exact) mass is 238 g/mol. The van der Waals surface area contributed by atoms with Crippen molar-refractivity contribution in [3.05, 3.63) is 60.3 Å². The van der Waals surface area contributed by atoms with Gasteiger partial charge in [-0.25, -0.2) is 4.98 Å². The molecule has 2 N–H and O–H groups in total. The predicted molar refractivity (Wildman–Crippen MR) is 71.2 cm³/mol. The van der Waals surface area contributed by atoms with Crippen molar-refractivity contribution in [3.8, 4) is 0 Å². The van der Waals surface area contributed by atoms with E-state index in [0.29, 0.717) is 0 Å². The van der Waals surface area contributed by atoms with E-state index in [1.165, 1.54) is 0 Å². The van der Waals surface area contributed by atoms with Crippen LogP contribution in [0, 0.1) is 0 Å². The minimum Gasteiger partial charge on any atom is -0.347 e. The lowest BCUT2D eigenvalue weighted by Crippen LogP contribution is -2.19. The van der Waals surface area contributed by atoms with Crippen molar-refractivity contribution in [2.24, 2.45) is 0 Å². The molecule has 18 heavy (non-hydrogen) atoms. The van der Waals surface area contributed by atoms with Crippen molar-refractivity contribution >= 4 is 10.9 Å². The van der Waals surface area contributed by atoms with Crippen LogP contribution in [-0.4, -0.2) is 22.0 Å². The molecule has 1 aromatic carbocycles. The fourth-order valence-electron chi connectivity index (χ4n) is 2.14. The van der Waals surface area contributed by atoms with Gasteiger partial charge in [0.05, 0.1) is 11.6 Å². The quantitative estimate of drug-likeness (QED) is 0.736. The number of hydrogen-bond donors (Lipinski definition) is 2. The predicted octanol–water partition coefficient (Wildman–Crippen LogP) is 2.27. The zero-order valence-electron chi connectivity index (χ0n) is 10.1. The first-order valence-electron chi connectivity index (χ1n) is 5.90. The van der Waals surface area contributed by atoms with Gasteiger partial charge >= 0.3 is 0 Å². The molecule has 0 spiro atoms. The summed E-state index contributed by atoms with van der Waals surface area (Å²) >= 11 is 0. The van der Waals surface area contributed by atoms with Crippen LogP contribution >= 0.6 is 0 Å². The number of fused-ring (bicyclic) bond motifs is 1. The van der Waals surface area contributed by atoms with Gasteiger partial charge in [-0.05, 0) is 24.7 Å². The molecule has 0 aliphatic heterocycles. The van der Waals surface area contributed by atoms with Crippen LogP contribution in [0.5, 0.6) is 0 Å². The number of para-hydroxylation sites is 1. The Balaban J connectivity index is 2.07. The Morgan fingerprint density at radius 3 is 2.89 bits per heavy atom. The number of pyridine rings is 1. The SMILES string of the molecule is CNC(c1cnc2ccccc2c1)c1ncc[nH]1. The topological polar surface area (TPSA) is 53.6 Å². The van der Waals surface area contributed by atoms with Gasteiger partial charge in [-0.2, -0.15) is 0 Å². The van der Waals surface area contributed by atoms with Gasteiger partial charge in [0.2, 0.25) is 0 Å². The summed E-state index contributed by atoms with van der Waals surface area (Å²) in [7, 11) is 1.92. The molecule has 1 unspecified atom stereocenters. The molecule has 4 heteroatoms. The molecule has 90 valence electrons. The molecule has 0 fully saturated rings. The molecular weight excluding hydrogens is 224 g/mol. The fraction of sp³-hybridized carbons (Fsp3) is 0.143. The fourth-order valence-corrected chi connectivity index (χ4v) is 2.14. The highest BCUT2D eigenvalue weighted by Crippen LogP contribution is 2.21. The lowest BCUT2D eigenvalue weighted by molar-refractivity contribution is 0.654. The Morgan fingerprint density at radius 1 is 1.22 bits per heavy atom. The number of H-pyrrole nitrogens is 1. The Bertz CT molecular complexity index is 646. The number of nitrogens with one attached hydrogen (secondary N) is 2. The van der Waals surface area contributed by atoms with Gasteiger partial charge in [0, 0.05) is 24.0 Å². The van der Waals surface area contributed by atoms with Crippen LogP contribution in [0.25, 0.3) is 10.9 Å². The third-order valence-electron chi connectivity index (χ3n) is 3.03. The maximum absolute atomic E-state index is 4.48. The smallest absolute Gasteiger partial charge is 0.127 e. The van der Waals surface area contributed by atoms with Gasteiger partial charge in [-0.1, -0.05) is 18.2 Å². The van der Waals surface area contributed by atoms with Gasteiger partial charge in [-0.15, -0.1) is 0 Å². The van der Waals surface area contributed by atoms with Crippen LogP contribution in [0.4, 0.5) is 0 Å². The number of hydrogen-bond acceptors (Lipinski definition) is 3. The zero-order valence-corrected chi connectivity index (χ0v) is 10.1. The summed E-state index contributed by atoms with van der Waals surface area (Å²) in [6.07, 6.45) is 5.48. The van der Waals surface area contributed by atoms with E-state index in [-0.39, 0.29) is 6.04 Å². The molecular formula is C14H14N4. The molecule has 0 saturated carbocycles. The summed E-state index contributed by atoms with van der Waals surface area (Å²) in [5.74, 6) is 0.898. The number of nitrogens with zero attached hydrogens (tertiary/aromatic N) is 2. The summed E-state index contributed by atoms with van der Waals surface area (Å²) in [6.45, 7) is 0. The summed E-state index contributed by atoms with van der Waals surface area (Å²) in [5.41, 5.74) is 2.11. The van der Waals surface area contributed by atoms with E-state index in [4.69, 9.17) is 0 Å². The van der Waals surface area contributed by atoms with Gasteiger partial charge in [0.25, 0.3) is 0 Å². The average molecular weight is 238 g/mol. The first-order valence-corrected chi connectivity index (χ1v) is 5.90. The van der Waals surface area contributed by atoms with Crippen molar-refractivity contribution in [1.29, 1.82) is 0 Å². The molecule has 0 radical (unpaired) electrons. The Labute approximate surface area is 105 Å². The van der Waals surface area contributed by atoms with E-state index in [1.54, 1.807) is 6.20 Å². The number of benzene rings is 1. The molecule has 0 saturated heterocycles. The van der Waals surface area contributed by atoms with Crippen LogP contribution < -0.4 is 5.32 Å². The summed E-state index contributed by atoms with van der Waals surface area (Å²) < 4.78 is 0. The van der Waals surface area contributed by atoms with Crippen molar-refractivity contribution in [2.45, 2.75) is 6.04 Å². The van der Waals surface area contributed by atoms with E-state index >= 15 is 0 Å². The normalized spacial score (nSPS) is 12.7. The van der Waals surface area contributed by atoms with Gasteiger partial charge in [-0.3, -0.25) is 4.98 Å². The van der Waals surface area contributed by atoms with E-state index in [0.717, 1.165) is 22.3 Å². The van der Waals surface area contributed by atoms with Crippen LogP contribution in [0.2, 0.25) is 0 Å². The van der Waals surface area contributed by atoms with Crippen molar-refractivity contribution in [2.75, 3.05) is 7.05 Å². The van der Waals surface area contributed by atoms with E-state index in [9.17, 15) is 0 Å². The molecule has 1 atom stereocenters. The third-order valence-corrected chi connectivity index (χ3v) is 3.03. The highest BCUT2D eigenvalue weighted by molar-refractivity contribution is 5.78. The summed E-state index contributed by atoms with van der Waals surface area (Å²) in [5, 5.41) is 4.39. The Hall–Kier alpha value is -2.20. The number of aromatic amines is 1. The average Bonchev–Trinajstić information content (AvgIpc) is 2.93. The standard InChI is InChI=1S/C14H14N4/c1-15-13(14-16-6-7-17-14)11-8-10-4-2-3-5-12(10)18-9-11/h2-9,13,15H,1H3,(H,16,17). The maximum atomic E-state index is 4.48. The lowest BCUT2D eigenvalue weighted by atomic mass is 10.1. The zero-order chi connectivity index (χ0) is 12.4. The second-order valence-corrected chi connectivity index (χ2v) is 4.16. The van der Waals surface area contributed by atoms with Crippen molar-refractivity contribution < 1.29 is 0 Å². The van der Waals surface area contributed by atoms with Crippen LogP contribution in [0.1, 0.15) is 17.4 Å². The van der Waals surface area contributed by atoms with Gasteiger partial charge < -0.3 is 10.3 Å². The minimum absolute atomic E-state index is 0.0390. The highest BCUT2D eigenvalue weighted by atomic mass is 15.0. The molecule has 0 amide bonds. The Kier molecular flexibility index (Phi) is 2.78. The summed E-state index contributed by atoms with van der Waals surface area (Å²) in [4.78, 5) is 11.9. The van der Waals surface area contributed by atoms with E-state index in [1.807, 2.05) is 37.6 Å². The molecule has 0 aliphatic rings. The highest BCUT2D eigenvalue weighted by Gasteiger charge is 2.14. The number of imidazole rings is 1. The second kappa shape index (κ2) is 4.58. The third kappa shape index (κ3) is 1.87. The second-order valence-electron chi connectivity index (χ2n) is 4.16. The molecule has 3 aromatic rings. The van der Waals surface area contributed by atoms with Gasteiger partial charge in [0.15, 0.2) is 0 Å². The molecule has 3 rings (SSSR count). The van der Waals surface area contributed by atoms with Crippen LogP contribution in [0.15, 0.2) is 48.9 Å². The lowest BCUT2D eigenvalue weighted by Gasteiger charge is -2.14. The Morgan fingerprint density at radius 2 is 2.11 bits per heavy atom. The largest absolute Gasteiger partial charge is 0.347 e. The van der Waals surface area contributed by atoms with Crippen molar-refractivity contribution in [3.63, 3.8) is 0 Å². The molecule has 0 aliphatic carbocycles. The number of rotatable bonds is 3. The first kappa shape index (κ1) is 10.9. The molecule has 0 bridgehead atoms.